The van der Waals surface area contributed by atoms with E-state index < -0.39 is 52.8 Å². The van der Waals surface area contributed by atoms with Crippen LogP contribution < -0.4 is 11.1 Å². The number of amides is 1. The monoisotopic (exact) mass is 632 g/mol. The maximum Gasteiger partial charge on any atom is 0.420 e. The van der Waals surface area contributed by atoms with Crippen molar-refractivity contribution in [2.75, 3.05) is 0 Å². The van der Waals surface area contributed by atoms with Crippen LogP contribution in [0.1, 0.15) is 76.5 Å². The Morgan fingerprint density at radius 2 is 1.80 bits per heavy atom. The number of nitrogens with one attached hydrogen (secondary N) is 2. The molecule has 1 aliphatic carbocycles. The molecule has 4 rings (SSSR count). The zero-order valence-corrected chi connectivity index (χ0v) is 26.4. The Morgan fingerprint density at radius 1 is 1.11 bits per heavy atom. The van der Waals surface area contributed by atoms with E-state index in [-0.39, 0.29) is 18.3 Å². The number of imidazole rings is 2. The van der Waals surface area contributed by atoms with Gasteiger partial charge in [0.15, 0.2) is 10.3 Å². The van der Waals surface area contributed by atoms with Crippen molar-refractivity contribution in [3.05, 3.63) is 69.8 Å². The number of hydrogen-bond acceptors (Lipinski definition) is 8. The van der Waals surface area contributed by atoms with Gasteiger partial charge in [0.1, 0.15) is 29.2 Å². The van der Waals surface area contributed by atoms with Gasteiger partial charge in [-0.2, -0.15) is 0 Å². The van der Waals surface area contributed by atoms with E-state index in [9.17, 15) is 23.2 Å². The summed E-state index contributed by atoms with van der Waals surface area (Å²) < 4.78 is 42.5. The molecular weight excluding hydrogens is 594 g/mol. The largest absolute Gasteiger partial charge is 0.458 e. The summed E-state index contributed by atoms with van der Waals surface area (Å²) in [6.07, 6.45) is 4.24. The summed E-state index contributed by atoms with van der Waals surface area (Å²) >= 11 is 5.51. The van der Waals surface area contributed by atoms with Crippen molar-refractivity contribution in [3.8, 4) is 0 Å². The number of halogens is 2. The van der Waals surface area contributed by atoms with E-state index >= 15 is 0 Å². The van der Waals surface area contributed by atoms with E-state index in [0.717, 1.165) is 10.6 Å². The number of esters is 1. The molecule has 4 N–H and O–H groups in total. The predicted molar refractivity (Wildman–Crippen MR) is 159 cm³/mol. The van der Waals surface area contributed by atoms with Gasteiger partial charge in [-0.3, -0.25) is 4.79 Å². The van der Waals surface area contributed by atoms with Crippen LogP contribution >= 0.6 is 12.2 Å². The second-order valence-electron chi connectivity index (χ2n) is 12.9. The van der Waals surface area contributed by atoms with Crippen molar-refractivity contribution in [2.24, 2.45) is 5.73 Å². The number of hydrogen-bond donors (Lipinski definition) is 3. The van der Waals surface area contributed by atoms with Gasteiger partial charge >= 0.3 is 12.1 Å². The molecule has 0 radical (unpaired) electrons. The average molecular weight is 633 g/mol. The fourth-order valence-corrected chi connectivity index (χ4v) is 5.44. The number of aromatic amines is 1. The molecule has 0 spiro atoms. The Balaban J connectivity index is 1.58. The van der Waals surface area contributed by atoms with Gasteiger partial charge in [-0.15, -0.1) is 0 Å². The summed E-state index contributed by atoms with van der Waals surface area (Å²) in [5, 5.41) is 2.72. The summed E-state index contributed by atoms with van der Waals surface area (Å²) in [7, 11) is 0. The Morgan fingerprint density at radius 3 is 2.45 bits per heavy atom. The van der Waals surface area contributed by atoms with E-state index in [1.807, 2.05) is 0 Å². The highest BCUT2D eigenvalue weighted by Gasteiger charge is 2.46. The number of carbonyl (C=O) groups excluding carboxylic acids is 3. The van der Waals surface area contributed by atoms with Crippen molar-refractivity contribution < 1.29 is 32.6 Å². The number of nitrogens with zero attached hydrogens (tertiary/aromatic N) is 3. The van der Waals surface area contributed by atoms with Crippen LogP contribution in [-0.2, 0) is 44.9 Å². The molecule has 1 aliphatic rings. The molecule has 3 aromatic rings. The van der Waals surface area contributed by atoms with Crippen molar-refractivity contribution in [1.29, 1.82) is 0 Å². The molecule has 0 aliphatic heterocycles. The lowest BCUT2D eigenvalue weighted by molar-refractivity contribution is -0.164. The van der Waals surface area contributed by atoms with Gasteiger partial charge in [0.05, 0.1) is 17.9 Å². The lowest BCUT2D eigenvalue weighted by Crippen LogP contribution is -2.62. The first kappa shape index (κ1) is 33.0. The summed E-state index contributed by atoms with van der Waals surface area (Å²) in [6, 6.07) is 1.98. The molecule has 14 heteroatoms. The van der Waals surface area contributed by atoms with E-state index in [1.54, 1.807) is 52.3 Å². The number of fused-ring (bicyclic) bond motifs is 1. The third-order valence-electron chi connectivity index (χ3n) is 7.06. The minimum Gasteiger partial charge on any atom is -0.458 e. The van der Waals surface area contributed by atoms with Crippen LogP contribution in [0.15, 0.2) is 30.9 Å². The smallest absolute Gasteiger partial charge is 0.420 e. The normalized spacial score (nSPS) is 16.5. The van der Waals surface area contributed by atoms with Gasteiger partial charge in [-0.25, -0.2) is 27.9 Å². The second-order valence-corrected chi connectivity index (χ2v) is 13.3. The minimum absolute atomic E-state index is 0.0834. The van der Waals surface area contributed by atoms with Crippen LogP contribution in [0.5, 0.6) is 0 Å². The van der Waals surface area contributed by atoms with E-state index in [1.165, 1.54) is 18.6 Å². The molecular formula is C30H38F2N6O5S. The minimum atomic E-state index is -2.26. The zero-order chi connectivity index (χ0) is 32.6. The van der Waals surface area contributed by atoms with Crippen molar-refractivity contribution in [3.63, 3.8) is 0 Å². The van der Waals surface area contributed by atoms with Crippen LogP contribution in [0.3, 0.4) is 0 Å². The first-order chi connectivity index (χ1) is 20.4. The molecule has 11 nitrogen and oxygen atoms in total. The van der Waals surface area contributed by atoms with Crippen LogP contribution in [-0.4, -0.2) is 53.8 Å². The van der Waals surface area contributed by atoms with Gasteiger partial charge in [0.25, 0.3) is 5.91 Å². The molecule has 44 heavy (non-hydrogen) atoms. The SMILES string of the molecule is CC(C)(C)OC(=O)n1cncc1C[C@](N)(C(=O)NCc1c[nH]c(=S)n1[C@@H]1CCc2c(F)cc(F)cc2C1)C(=O)OC(C)(C)C. The molecule has 1 aromatic carbocycles. The van der Waals surface area contributed by atoms with Crippen LogP contribution in [0.4, 0.5) is 13.6 Å². The molecule has 2 aromatic heterocycles. The van der Waals surface area contributed by atoms with E-state index in [2.05, 4.69) is 15.3 Å². The fraction of sp³-hybridized carbons (Fsp3) is 0.500. The number of aromatic nitrogens is 4. The van der Waals surface area contributed by atoms with Crippen LogP contribution in [0.2, 0.25) is 0 Å². The number of rotatable bonds is 7. The molecule has 2 atom stereocenters. The number of nitrogens with two attached hydrogens (primary N) is 1. The molecule has 0 unspecified atom stereocenters. The van der Waals surface area contributed by atoms with Gasteiger partial charge < -0.3 is 30.1 Å². The summed E-state index contributed by atoms with van der Waals surface area (Å²) in [5.41, 5.74) is 4.26. The summed E-state index contributed by atoms with van der Waals surface area (Å²) in [5.74, 6) is -3.08. The highest BCUT2D eigenvalue weighted by atomic mass is 32.1. The first-order valence-electron chi connectivity index (χ1n) is 14.2. The third-order valence-corrected chi connectivity index (χ3v) is 7.37. The molecule has 0 fully saturated rings. The van der Waals surface area contributed by atoms with Gasteiger partial charge in [-0.05, 0) is 90.2 Å². The topological polar surface area (TPSA) is 146 Å². The Labute approximate surface area is 259 Å². The van der Waals surface area contributed by atoms with Gasteiger partial charge in [-0.1, -0.05) is 0 Å². The van der Waals surface area contributed by atoms with Gasteiger partial charge in [0.2, 0.25) is 0 Å². The molecule has 0 saturated carbocycles. The van der Waals surface area contributed by atoms with Crippen LogP contribution in [0, 0.1) is 16.4 Å². The number of benzene rings is 1. The number of carbonyl (C=O) groups is 3. The number of H-pyrrole nitrogens is 1. The maximum absolute atomic E-state index is 14.3. The predicted octanol–water partition coefficient (Wildman–Crippen LogP) is 4.43. The van der Waals surface area contributed by atoms with Crippen molar-refractivity contribution in [2.45, 2.75) is 96.6 Å². The molecule has 238 valence electrons. The highest BCUT2D eigenvalue weighted by Crippen LogP contribution is 2.32. The van der Waals surface area contributed by atoms with Gasteiger partial charge in [0, 0.05) is 30.9 Å². The first-order valence-corrected chi connectivity index (χ1v) is 14.6. The lowest BCUT2D eigenvalue weighted by Gasteiger charge is -2.31. The summed E-state index contributed by atoms with van der Waals surface area (Å²) in [6.45, 7) is 9.94. The van der Waals surface area contributed by atoms with Crippen LogP contribution in [0.25, 0.3) is 0 Å². The molecule has 0 bridgehead atoms. The Kier molecular flexibility index (Phi) is 9.17. The zero-order valence-electron chi connectivity index (χ0n) is 25.6. The highest BCUT2D eigenvalue weighted by molar-refractivity contribution is 7.71. The van der Waals surface area contributed by atoms with Crippen molar-refractivity contribution >= 4 is 30.2 Å². The fourth-order valence-electron chi connectivity index (χ4n) is 5.11. The third kappa shape index (κ3) is 7.41. The molecule has 2 heterocycles. The van der Waals surface area contributed by atoms with Crippen molar-refractivity contribution in [1.82, 2.24) is 24.4 Å². The Bertz CT molecular complexity index is 1630. The maximum atomic E-state index is 14.3. The molecule has 1 amide bonds. The Hall–Kier alpha value is -3.91. The standard InChI is InChI=1S/C30H38F2N6O5S/c1-28(2,3)42-25(40)30(33,12-20-13-34-16-37(20)27(41)43-29(4,5)6)24(39)35-14-21-15-36-26(44)38(21)19-7-8-22-17(10-19)9-18(31)11-23(22)32/h9,11,13,15-16,19H,7-8,10,12,14,33H2,1-6H3,(H,35,39)(H,36,44)/t19-,30+/m1/s1. The average Bonchev–Trinajstić information content (AvgIpc) is 3.50. The van der Waals surface area contributed by atoms with E-state index in [4.69, 9.17) is 27.4 Å². The lowest BCUT2D eigenvalue weighted by atomic mass is 9.87. The molecule has 0 saturated heterocycles. The number of ether oxygens (including phenoxy) is 2. The summed E-state index contributed by atoms with van der Waals surface area (Å²) in [4.78, 5) is 46.9. The second kappa shape index (κ2) is 12.2. The quantitative estimate of drug-likeness (QED) is 0.197. The van der Waals surface area contributed by atoms with E-state index in [0.29, 0.717) is 40.9 Å².